The first kappa shape index (κ1) is 19.1. The Morgan fingerprint density at radius 1 is 1.10 bits per heavy atom. The molecule has 1 fully saturated rings. The third-order valence-corrected chi connectivity index (χ3v) is 5.86. The zero-order chi connectivity index (χ0) is 20.8. The normalized spacial score (nSPS) is 21.1. The highest BCUT2D eigenvalue weighted by atomic mass is 32.2. The second-order valence-electron chi connectivity index (χ2n) is 6.76. The molecular formula is C19H17N3O6S. The molecule has 2 unspecified atom stereocenters. The Kier molecular flexibility index (Phi) is 4.59. The van der Waals surface area contributed by atoms with E-state index in [1.165, 1.54) is 29.2 Å². The van der Waals surface area contributed by atoms with E-state index in [0.29, 0.717) is 16.8 Å². The number of rotatable bonds is 4. The zero-order valence-electron chi connectivity index (χ0n) is 15.1. The summed E-state index contributed by atoms with van der Waals surface area (Å²) in [5.41, 5.74) is 1.27. The van der Waals surface area contributed by atoms with Gasteiger partial charge in [0.05, 0.1) is 10.5 Å². The minimum Gasteiger partial charge on any atom is -0.433 e. The van der Waals surface area contributed by atoms with Crippen LogP contribution in [0, 0.1) is 0 Å². The Hall–Kier alpha value is -3.24. The van der Waals surface area contributed by atoms with Crippen molar-refractivity contribution in [2.75, 3.05) is 5.32 Å². The molecule has 10 heteroatoms. The monoisotopic (exact) mass is 415 g/mol. The number of nitrogens with one attached hydrogen (secondary N) is 1. The van der Waals surface area contributed by atoms with Crippen molar-refractivity contribution in [3.63, 3.8) is 0 Å². The van der Waals surface area contributed by atoms with Crippen LogP contribution in [0.5, 0.6) is 0 Å². The standard InChI is InChI=1S/C19H17N3O6S/c20-29(26,27)12-7-5-11(6-8-12)21-17(24)15-9-10-16(23)22(15)18-13-3-1-2-4-14(13)19(25)28-18/h1-8,15,18H,9-10H2,(H,21,24)(H2,20,26,27). The molecule has 2 aromatic carbocycles. The Morgan fingerprint density at radius 3 is 2.48 bits per heavy atom. The lowest BCUT2D eigenvalue weighted by Gasteiger charge is -2.29. The van der Waals surface area contributed by atoms with E-state index in [2.05, 4.69) is 5.32 Å². The van der Waals surface area contributed by atoms with Crippen molar-refractivity contribution < 1.29 is 27.5 Å². The van der Waals surface area contributed by atoms with E-state index in [1.807, 2.05) is 0 Å². The highest BCUT2D eigenvalue weighted by Gasteiger charge is 2.46. The minimum absolute atomic E-state index is 0.0809. The van der Waals surface area contributed by atoms with Gasteiger partial charge < -0.3 is 10.1 Å². The van der Waals surface area contributed by atoms with Gasteiger partial charge in [-0.2, -0.15) is 0 Å². The number of hydrogen-bond donors (Lipinski definition) is 2. The number of hydrogen-bond acceptors (Lipinski definition) is 6. The molecular weight excluding hydrogens is 398 g/mol. The Labute approximate surface area is 166 Å². The molecule has 2 amide bonds. The first-order valence-electron chi connectivity index (χ1n) is 8.80. The summed E-state index contributed by atoms with van der Waals surface area (Å²) in [5, 5.41) is 7.72. The number of esters is 1. The van der Waals surface area contributed by atoms with Gasteiger partial charge in [0.25, 0.3) is 0 Å². The van der Waals surface area contributed by atoms with Gasteiger partial charge in [-0.25, -0.2) is 18.4 Å². The van der Waals surface area contributed by atoms with Crippen molar-refractivity contribution >= 4 is 33.5 Å². The van der Waals surface area contributed by atoms with Gasteiger partial charge in [-0.15, -0.1) is 0 Å². The largest absolute Gasteiger partial charge is 0.433 e. The van der Waals surface area contributed by atoms with Crippen LogP contribution in [-0.2, 0) is 24.3 Å². The van der Waals surface area contributed by atoms with Crippen molar-refractivity contribution in [2.24, 2.45) is 5.14 Å². The van der Waals surface area contributed by atoms with Crippen molar-refractivity contribution in [1.29, 1.82) is 0 Å². The fraction of sp³-hybridized carbons (Fsp3) is 0.211. The molecule has 0 bridgehead atoms. The first-order chi connectivity index (χ1) is 13.8. The molecule has 9 nitrogen and oxygen atoms in total. The number of nitrogens with two attached hydrogens (primary N) is 1. The maximum absolute atomic E-state index is 12.8. The molecule has 0 aromatic heterocycles. The van der Waals surface area contributed by atoms with E-state index in [4.69, 9.17) is 9.88 Å². The zero-order valence-corrected chi connectivity index (χ0v) is 15.9. The number of amides is 2. The summed E-state index contributed by atoms with van der Waals surface area (Å²) in [7, 11) is -3.84. The van der Waals surface area contributed by atoms with Gasteiger partial charge in [-0.3, -0.25) is 14.5 Å². The third kappa shape index (κ3) is 3.47. The van der Waals surface area contributed by atoms with E-state index >= 15 is 0 Å². The molecule has 0 aliphatic carbocycles. The predicted octanol–water partition coefficient (Wildman–Crippen LogP) is 1.13. The Morgan fingerprint density at radius 2 is 1.79 bits per heavy atom. The number of primary sulfonamides is 1. The number of carbonyl (C=O) groups excluding carboxylic acids is 3. The lowest BCUT2D eigenvalue weighted by Crippen LogP contribution is -2.43. The molecule has 0 spiro atoms. The average Bonchev–Trinajstić information content (AvgIpc) is 3.22. The number of cyclic esters (lactones) is 1. The molecule has 2 heterocycles. The molecule has 2 atom stereocenters. The summed E-state index contributed by atoms with van der Waals surface area (Å²) >= 11 is 0. The van der Waals surface area contributed by atoms with Gasteiger partial charge in [-0.1, -0.05) is 18.2 Å². The molecule has 0 saturated carbocycles. The number of sulfonamides is 1. The van der Waals surface area contributed by atoms with Crippen LogP contribution in [0.15, 0.2) is 53.4 Å². The fourth-order valence-corrected chi connectivity index (χ4v) is 4.06. The molecule has 1 saturated heterocycles. The predicted molar refractivity (Wildman–Crippen MR) is 101 cm³/mol. The molecule has 0 radical (unpaired) electrons. The molecule has 3 N–H and O–H groups in total. The smallest absolute Gasteiger partial charge is 0.340 e. The van der Waals surface area contributed by atoms with Gasteiger partial charge in [0.2, 0.25) is 28.1 Å². The number of nitrogens with zero attached hydrogens (tertiary/aromatic N) is 1. The van der Waals surface area contributed by atoms with E-state index in [0.717, 1.165) is 0 Å². The highest BCUT2D eigenvalue weighted by Crippen LogP contribution is 2.38. The van der Waals surface area contributed by atoms with E-state index in [-0.39, 0.29) is 23.6 Å². The van der Waals surface area contributed by atoms with Crippen molar-refractivity contribution in [3.05, 3.63) is 59.7 Å². The summed E-state index contributed by atoms with van der Waals surface area (Å²) in [5.74, 6) is -1.29. The summed E-state index contributed by atoms with van der Waals surface area (Å²) in [6, 6.07) is 11.3. The quantitative estimate of drug-likeness (QED) is 0.719. The number of ether oxygens (including phenoxy) is 1. The van der Waals surface area contributed by atoms with Gasteiger partial charge in [0, 0.05) is 17.7 Å². The number of benzene rings is 2. The average molecular weight is 415 g/mol. The van der Waals surface area contributed by atoms with E-state index < -0.39 is 34.2 Å². The lowest BCUT2D eigenvalue weighted by molar-refractivity contribution is -0.144. The van der Waals surface area contributed by atoms with Crippen LogP contribution < -0.4 is 10.5 Å². The second-order valence-corrected chi connectivity index (χ2v) is 8.32. The molecule has 150 valence electrons. The van der Waals surface area contributed by atoms with Crippen molar-refractivity contribution in [3.8, 4) is 0 Å². The van der Waals surface area contributed by atoms with Crippen LogP contribution in [0.1, 0.15) is 35.0 Å². The fourth-order valence-electron chi connectivity index (χ4n) is 3.54. The van der Waals surface area contributed by atoms with Crippen LogP contribution in [-0.4, -0.2) is 37.1 Å². The maximum Gasteiger partial charge on any atom is 0.340 e. The highest BCUT2D eigenvalue weighted by molar-refractivity contribution is 7.89. The number of anilines is 1. The van der Waals surface area contributed by atoms with Gasteiger partial charge in [0.1, 0.15) is 6.04 Å². The summed E-state index contributed by atoms with van der Waals surface area (Å²) in [4.78, 5) is 38.6. The first-order valence-corrected chi connectivity index (χ1v) is 10.3. The van der Waals surface area contributed by atoms with Crippen molar-refractivity contribution in [1.82, 2.24) is 4.90 Å². The maximum atomic E-state index is 12.8. The molecule has 2 aliphatic heterocycles. The van der Waals surface area contributed by atoms with E-state index in [9.17, 15) is 22.8 Å². The van der Waals surface area contributed by atoms with Crippen LogP contribution in [0.2, 0.25) is 0 Å². The number of fused-ring (bicyclic) bond motifs is 1. The third-order valence-electron chi connectivity index (χ3n) is 4.93. The number of carbonyl (C=O) groups is 3. The lowest BCUT2D eigenvalue weighted by atomic mass is 10.1. The SMILES string of the molecule is NS(=O)(=O)c1ccc(NC(=O)C2CCC(=O)N2C2OC(=O)c3ccccc32)cc1. The van der Waals surface area contributed by atoms with Crippen LogP contribution in [0.4, 0.5) is 5.69 Å². The van der Waals surface area contributed by atoms with Crippen LogP contribution in [0.3, 0.4) is 0 Å². The van der Waals surface area contributed by atoms with Gasteiger partial charge in [0.15, 0.2) is 0 Å². The van der Waals surface area contributed by atoms with Gasteiger partial charge in [-0.05, 0) is 36.8 Å². The molecule has 2 aromatic rings. The van der Waals surface area contributed by atoms with Crippen molar-refractivity contribution in [2.45, 2.75) is 30.0 Å². The number of likely N-dealkylation sites (tertiary alicyclic amines) is 1. The van der Waals surface area contributed by atoms with E-state index in [1.54, 1.807) is 24.3 Å². The Bertz CT molecular complexity index is 1110. The summed E-state index contributed by atoms with van der Waals surface area (Å²) in [6.07, 6.45) is -0.524. The van der Waals surface area contributed by atoms with Crippen LogP contribution >= 0.6 is 0 Å². The summed E-state index contributed by atoms with van der Waals surface area (Å²) < 4.78 is 28.0. The van der Waals surface area contributed by atoms with Crippen LogP contribution in [0.25, 0.3) is 0 Å². The summed E-state index contributed by atoms with van der Waals surface area (Å²) in [6.45, 7) is 0. The topological polar surface area (TPSA) is 136 Å². The Balaban J connectivity index is 1.56. The second kappa shape index (κ2) is 6.98. The molecule has 29 heavy (non-hydrogen) atoms. The minimum atomic E-state index is -3.84. The molecule has 2 aliphatic rings. The molecule has 4 rings (SSSR count). The van der Waals surface area contributed by atoms with Gasteiger partial charge >= 0.3 is 5.97 Å².